The number of benzene rings is 1. The van der Waals surface area contributed by atoms with E-state index < -0.39 is 0 Å². The lowest BCUT2D eigenvalue weighted by Gasteiger charge is -2.18. The van der Waals surface area contributed by atoms with Crippen LogP contribution in [0.15, 0.2) is 35.3 Å². The summed E-state index contributed by atoms with van der Waals surface area (Å²) in [5, 5.41) is 6.64. The maximum atomic E-state index is 12.3. The number of likely N-dealkylation sites (tertiary alicyclic amines) is 1. The molecule has 1 atom stereocenters. The van der Waals surface area contributed by atoms with Gasteiger partial charge in [-0.2, -0.15) is 0 Å². The second-order valence-corrected chi connectivity index (χ2v) is 7.30. The van der Waals surface area contributed by atoms with Crippen LogP contribution >= 0.6 is 0 Å². The Balaban J connectivity index is 1.64. The number of hydrogen-bond donors (Lipinski definition) is 2. The normalized spacial score (nSPS) is 17.6. The summed E-state index contributed by atoms with van der Waals surface area (Å²) in [6.45, 7) is 8.02. The summed E-state index contributed by atoms with van der Waals surface area (Å²) < 4.78 is 5.53. The molecule has 0 aromatic heterocycles. The van der Waals surface area contributed by atoms with Crippen LogP contribution in [0.4, 0.5) is 0 Å². The molecule has 1 unspecified atom stereocenters. The molecule has 0 radical (unpaired) electrons. The smallest absolute Gasteiger partial charge is 0.223 e. The molecule has 1 heterocycles. The zero-order valence-electron chi connectivity index (χ0n) is 16.9. The van der Waals surface area contributed by atoms with Crippen molar-refractivity contribution in [3.8, 4) is 0 Å². The second kappa shape index (κ2) is 11.6. The van der Waals surface area contributed by atoms with Crippen molar-refractivity contribution in [2.45, 2.75) is 39.2 Å². The lowest BCUT2D eigenvalue weighted by atomic mass is 10.1. The second-order valence-electron chi connectivity index (χ2n) is 7.30. The zero-order chi connectivity index (χ0) is 19.5. The minimum atomic E-state index is 0.256. The Labute approximate surface area is 163 Å². The maximum absolute atomic E-state index is 12.3. The molecule has 6 nitrogen and oxygen atoms in total. The fraction of sp³-hybridized carbons (Fsp3) is 0.619. The Morgan fingerprint density at radius 3 is 2.78 bits per heavy atom. The van der Waals surface area contributed by atoms with Gasteiger partial charge in [-0.3, -0.25) is 9.79 Å². The number of nitrogens with one attached hydrogen (secondary N) is 2. The molecule has 1 aliphatic heterocycles. The van der Waals surface area contributed by atoms with E-state index in [1.165, 1.54) is 5.56 Å². The summed E-state index contributed by atoms with van der Waals surface area (Å²) in [4.78, 5) is 18.5. The lowest BCUT2D eigenvalue weighted by Crippen LogP contribution is -2.41. The number of nitrogens with zero attached hydrogens (tertiary/aromatic N) is 2. The Bertz CT molecular complexity index is 589. The fourth-order valence-corrected chi connectivity index (χ4v) is 3.18. The summed E-state index contributed by atoms with van der Waals surface area (Å²) in [6, 6.07) is 10.3. The first-order valence-corrected chi connectivity index (χ1v) is 9.96. The number of guanidine groups is 1. The molecule has 0 bridgehead atoms. The molecule has 27 heavy (non-hydrogen) atoms. The first-order chi connectivity index (χ1) is 13.1. The van der Waals surface area contributed by atoms with Crippen LogP contribution in [-0.4, -0.2) is 62.7 Å². The highest BCUT2D eigenvalue weighted by Crippen LogP contribution is 2.17. The molecule has 0 spiro atoms. The van der Waals surface area contributed by atoms with Gasteiger partial charge in [-0.15, -0.1) is 0 Å². The van der Waals surface area contributed by atoms with Gasteiger partial charge in [-0.05, 0) is 32.3 Å². The Morgan fingerprint density at radius 1 is 1.30 bits per heavy atom. The molecule has 1 aromatic carbocycles. The zero-order valence-corrected chi connectivity index (χ0v) is 16.9. The first kappa shape index (κ1) is 21.2. The van der Waals surface area contributed by atoms with Crippen LogP contribution in [0.2, 0.25) is 0 Å². The number of aliphatic imine (C=N–C) groups is 1. The molecule has 150 valence electrons. The van der Waals surface area contributed by atoms with Gasteiger partial charge in [0.15, 0.2) is 5.96 Å². The predicted molar refractivity (Wildman–Crippen MR) is 110 cm³/mol. The van der Waals surface area contributed by atoms with Crippen molar-refractivity contribution in [1.82, 2.24) is 15.5 Å². The average molecular weight is 375 g/mol. The Hall–Kier alpha value is -2.08. The Kier molecular flexibility index (Phi) is 9.11. The highest BCUT2D eigenvalue weighted by molar-refractivity contribution is 5.80. The maximum Gasteiger partial charge on any atom is 0.223 e. The van der Waals surface area contributed by atoms with E-state index in [-0.39, 0.29) is 12.0 Å². The third-order valence-corrected chi connectivity index (χ3v) is 4.65. The van der Waals surface area contributed by atoms with Crippen molar-refractivity contribution in [2.75, 3.05) is 39.8 Å². The molecule has 0 aliphatic carbocycles. The van der Waals surface area contributed by atoms with Gasteiger partial charge < -0.3 is 20.3 Å². The predicted octanol–water partition coefficient (Wildman–Crippen LogP) is 2.06. The van der Waals surface area contributed by atoms with Crippen LogP contribution < -0.4 is 10.6 Å². The lowest BCUT2D eigenvalue weighted by molar-refractivity contribution is -0.127. The largest absolute Gasteiger partial charge is 0.379 e. The molecular weight excluding hydrogens is 340 g/mol. The number of amides is 1. The van der Waals surface area contributed by atoms with Gasteiger partial charge >= 0.3 is 0 Å². The van der Waals surface area contributed by atoms with Crippen molar-refractivity contribution in [2.24, 2.45) is 10.9 Å². The van der Waals surface area contributed by atoms with Crippen LogP contribution in [0.1, 0.15) is 32.3 Å². The van der Waals surface area contributed by atoms with E-state index in [2.05, 4.69) is 27.8 Å². The van der Waals surface area contributed by atoms with Gasteiger partial charge in [0, 0.05) is 52.2 Å². The summed E-state index contributed by atoms with van der Waals surface area (Å²) >= 11 is 0. The van der Waals surface area contributed by atoms with Gasteiger partial charge in [0.25, 0.3) is 0 Å². The molecule has 6 heteroatoms. The summed E-state index contributed by atoms with van der Waals surface area (Å²) in [6.07, 6.45) is 2.73. The van der Waals surface area contributed by atoms with Crippen molar-refractivity contribution < 1.29 is 9.53 Å². The van der Waals surface area contributed by atoms with Gasteiger partial charge in [-0.1, -0.05) is 30.3 Å². The molecule has 0 saturated carbocycles. The molecular formula is C21H34N4O2. The van der Waals surface area contributed by atoms with Crippen molar-refractivity contribution in [3.63, 3.8) is 0 Å². The molecule has 2 rings (SSSR count). The Morgan fingerprint density at radius 2 is 2.07 bits per heavy atom. The van der Waals surface area contributed by atoms with Crippen LogP contribution in [0.5, 0.6) is 0 Å². The topological polar surface area (TPSA) is 66.0 Å². The highest BCUT2D eigenvalue weighted by atomic mass is 16.5. The van der Waals surface area contributed by atoms with Crippen LogP contribution in [0.3, 0.4) is 0 Å². The monoisotopic (exact) mass is 374 g/mol. The van der Waals surface area contributed by atoms with Gasteiger partial charge in [0.1, 0.15) is 0 Å². The van der Waals surface area contributed by atoms with Crippen LogP contribution in [0.25, 0.3) is 0 Å². The van der Waals surface area contributed by atoms with Crippen molar-refractivity contribution in [1.29, 1.82) is 0 Å². The van der Waals surface area contributed by atoms with E-state index in [0.29, 0.717) is 12.3 Å². The molecule has 1 aromatic rings. The number of carbonyl (C=O) groups excluding carboxylic acids is 1. The van der Waals surface area contributed by atoms with Crippen molar-refractivity contribution >= 4 is 11.9 Å². The van der Waals surface area contributed by atoms with E-state index in [1.54, 1.807) is 7.05 Å². The minimum Gasteiger partial charge on any atom is -0.379 e. The van der Waals surface area contributed by atoms with E-state index in [1.807, 2.05) is 36.9 Å². The fourth-order valence-electron chi connectivity index (χ4n) is 3.18. The van der Waals surface area contributed by atoms with Crippen molar-refractivity contribution in [3.05, 3.63) is 35.9 Å². The van der Waals surface area contributed by atoms with Gasteiger partial charge in [0.05, 0.1) is 6.10 Å². The summed E-state index contributed by atoms with van der Waals surface area (Å²) in [7, 11) is 1.77. The van der Waals surface area contributed by atoms with Crippen LogP contribution in [0, 0.1) is 5.92 Å². The van der Waals surface area contributed by atoms with E-state index >= 15 is 0 Å². The van der Waals surface area contributed by atoms with E-state index in [4.69, 9.17) is 4.74 Å². The number of rotatable bonds is 10. The minimum absolute atomic E-state index is 0.256. The molecule has 1 saturated heterocycles. The van der Waals surface area contributed by atoms with Gasteiger partial charge in [0.2, 0.25) is 5.91 Å². The average Bonchev–Trinajstić information content (AvgIpc) is 3.02. The summed E-state index contributed by atoms with van der Waals surface area (Å²) in [5.41, 5.74) is 1.28. The molecule has 1 fully saturated rings. The first-order valence-electron chi connectivity index (χ1n) is 9.96. The quantitative estimate of drug-likeness (QED) is 0.374. The SMILES string of the molecule is CN=C(NCCCOC(C)C)NCC1CC(=O)N(CCc2ccccc2)C1. The third-order valence-electron chi connectivity index (χ3n) is 4.65. The van der Waals surface area contributed by atoms with Gasteiger partial charge in [-0.25, -0.2) is 0 Å². The van der Waals surface area contributed by atoms with E-state index in [9.17, 15) is 4.79 Å². The third kappa shape index (κ3) is 7.99. The molecule has 1 amide bonds. The number of carbonyl (C=O) groups is 1. The number of hydrogen-bond acceptors (Lipinski definition) is 3. The number of ether oxygens (including phenoxy) is 1. The summed E-state index contributed by atoms with van der Waals surface area (Å²) in [5.74, 6) is 1.37. The molecule has 2 N–H and O–H groups in total. The van der Waals surface area contributed by atoms with Crippen LogP contribution in [-0.2, 0) is 16.0 Å². The highest BCUT2D eigenvalue weighted by Gasteiger charge is 2.29. The van der Waals surface area contributed by atoms with E-state index in [0.717, 1.165) is 51.6 Å². The molecule has 1 aliphatic rings. The standard InChI is InChI=1S/C21H34N4O2/c1-17(2)27-13-7-11-23-21(22-3)24-15-19-14-20(26)25(16-19)12-10-18-8-5-4-6-9-18/h4-6,8-9,17,19H,7,10-16H2,1-3H3,(H2,22,23,24).